The van der Waals surface area contributed by atoms with Crippen molar-refractivity contribution in [2.24, 2.45) is 7.05 Å². The summed E-state index contributed by atoms with van der Waals surface area (Å²) in [4.78, 5) is 4.01. The molecule has 13 heavy (non-hydrogen) atoms. The molecule has 0 aliphatic heterocycles. The van der Waals surface area contributed by atoms with Gasteiger partial charge in [-0.25, -0.2) is 0 Å². The Bertz CT molecular complexity index is 288. The van der Waals surface area contributed by atoms with Gasteiger partial charge in [0.15, 0.2) is 0 Å². The summed E-state index contributed by atoms with van der Waals surface area (Å²) >= 11 is 1.82. The Morgan fingerprint density at radius 3 is 2.54 bits per heavy atom. The number of imidazole rings is 1. The minimum absolute atomic E-state index is 0.104. The van der Waals surface area contributed by atoms with Crippen molar-refractivity contribution in [2.45, 2.75) is 31.3 Å². The Labute approximate surface area is 83.2 Å². The molecular weight excluding hydrogens is 184 g/mol. The molecule has 0 unspecified atom stereocenters. The monoisotopic (exact) mass is 200 g/mol. The van der Waals surface area contributed by atoms with Crippen LogP contribution >= 0.6 is 11.8 Å². The van der Waals surface area contributed by atoms with E-state index >= 15 is 0 Å². The lowest BCUT2D eigenvalue weighted by Crippen LogP contribution is -2.09. The summed E-state index contributed by atoms with van der Waals surface area (Å²) in [5.41, 5.74) is 0. The second-order valence-electron chi connectivity index (χ2n) is 4.03. The van der Waals surface area contributed by atoms with Crippen LogP contribution in [-0.4, -0.2) is 19.4 Å². The summed E-state index contributed by atoms with van der Waals surface area (Å²) in [6.45, 7) is 6.50. The van der Waals surface area contributed by atoms with Crippen molar-refractivity contribution >= 4 is 11.8 Å². The summed E-state index contributed by atoms with van der Waals surface area (Å²) in [5, 5.41) is 9.12. The quantitative estimate of drug-likeness (QED) is 0.795. The summed E-state index contributed by atoms with van der Waals surface area (Å²) in [7, 11) is 1.89. The highest BCUT2D eigenvalue weighted by atomic mass is 32.2. The Kier molecular flexibility index (Phi) is 2.91. The summed E-state index contributed by atoms with van der Waals surface area (Å²) in [6, 6.07) is 0. The average molecular weight is 200 g/mol. The van der Waals surface area contributed by atoms with Gasteiger partial charge in [0.1, 0.15) is 5.82 Å². The third-order valence-corrected chi connectivity index (χ3v) is 2.86. The fourth-order valence-electron chi connectivity index (χ4n) is 0.903. The number of nitrogens with zero attached hydrogens (tertiary/aromatic N) is 2. The Morgan fingerprint density at radius 2 is 2.15 bits per heavy atom. The van der Waals surface area contributed by atoms with Crippen LogP contribution in [0.3, 0.4) is 0 Å². The molecule has 0 radical (unpaired) electrons. The lowest BCUT2D eigenvalue weighted by molar-refractivity contribution is 0.455. The fraction of sp³-hybridized carbons (Fsp3) is 0.667. The number of hydrogen-bond donors (Lipinski definition) is 1. The highest BCUT2D eigenvalue weighted by Crippen LogP contribution is 2.27. The number of hydrogen-bond acceptors (Lipinski definition) is 3. The molecule has 0 aliphatic carbocycles. The summed E-state index contributed by atoms with van der Waals surface area (Å²) in [5.74, 6) is 1.85. The maximum atomic E-state index is 9.12. The minimum Gasteiger partial charge on any atom is -0.492 e. The normalized spacial score (nSPS) is 12.0. The number of aryl methyl sites for hydroxylation is 1. The van der Waals surface area contributed by atoms with Crippen LogP contribution in [0.2, 0.25) is 0 Å². The first kappa shape index (κ1) is 10.4. The molecule has 74 valence electrons. The molecule has 4 heteroatoms. The van der Waals surface area contributed by atoms with Crippen LogP contribution in [-0.2, 0) is 12.8 Å². The predicted octanol–water partition coefficient (Wildman–Crippen LogP) is 2.16. The summed E-state index contributed by atoms with van der Waals surface area (Å²) in [6.07, 6.45) is 1.62. The van der Waals surface area contributed by atoms with Gasteiger partial charge in [0.2, 0.25) is 5.88 Å². The molecule has 0 fully saturated rings. The van der Waals surface area contributed by atoms with Crippen molar-refractivity contribution in [2.75, 3.05) is 0 Å². The van der Waals surface area contributed by atoms with Gasteiger partial charge in [0.05, 0.1) is 11.9 Å². The van der Waals surface area contributed by atoms with Gasteiger partial charge < -0.3 is 9.67 Å². The molecule has 0 amide bonds. The molecule has 1 aromatic heterocycles. The maximum Gasteiger partial charge on any atom is 0.229 e. The van der Waals surface area contributed by atoms with E-state index in [-0.39, 0.29) is 10.6 Å². The van der Waals surface area contributed by atoms with Gasteiger partial charge in [0.25, 0.3) is 0 Å². The SMILES string of the molecule is Cn1cc(O)nc1CSC(C)(C)C. The van der Waals surface area contributed by atoms with Crippen molar-refractivity contribution in [1.29, 1.82) is 0 Å². The van der Waals surface area contributed by atoms with Crippen molar-refractivity contribution in [1.82, 2.24) is 9.55 Å². The first-order valence-electron chi connectivity index (χ1n) is 4.23. The molecule has 3 nitrogen and oxygen atoms in total. The van der Waals surface area contributed by atoms with E-state index in [2.05, 4.69) is 25.8 Å². The van der Waals surface area contributed by atoms with E-state index in [1.807, 2.05) is 23.4 Å². The molecular formula is C9H16N2OS. The number of aromatic hydroxyl groups is 1. The number of thioether (sulfide) groups is 1. The molecule has 1 heterocycles. The van der Waals surface area contributed by atoms with Gasteiger partial charge in [-0.3, -0.25) is 0 Å². The van der Waals surface area contributed by atoms with Gasteiger partial charge >= 0.3 is 0 Å². The number of rotatable bonds is 2. The molecule has 0 bridgehead atoms. The fourth-order valence-corrected chi connectivity index (χ4v) is 1.73. The molecule has 0 aromatic carbocycles. The van der Waals surface area contributed by atoms with Gasteiger partial charge in [0, 0.05) is 11.8 Å². The van der Waals surface area contributed by atoms with Gasteiger partial charge in [-0.2, -0.15) is 4.98 Å². The second-order valence-corrected chi connectivity index (χ2v) is 5.83. The molecule has 1 aromatic rings. The average Bonchev–Trinajstić information content (AvgIpc) is 2.24. The zero-order valence-corrected chi connectivity index (χ0v) is 9.35. The Balaban J connectivity index is 2.59. The first-order valence-corrected chi connectivity index (χ1v) is 5.22. The van der Waals surface area contributed by atoms with Gasteiger partial charge in [-0.1, -0.05) is 20.8 Å². The largest absolute Gasteiger partial charge is 0.492 e. The van der Waals surface area contributed by atoms with Crippen LogP contribution < -0.4 is 0 Å². The van der Waals surface area contributed by atoms with E-state index in [1.54, 1.807) is 6.20 Å². The summed E-state index contributed by atoms with van der Waals surface area (Å²) < 4.78 is 2.09. The Morgan fingerprint density at radius 1 is 1.54 bits per heavy atom. The van der Waals surface area contributed by atoms with Crippen LogP contribution in [0.5, 0.6) is 5.88 Å². The topological polar surface area (TPSA) is 38.0 Å². The van der Waals surface area contributed by atoms with Crippen LogP contribution in [0, 0.1) is 0 Å². The highest BCUT2D eigenvalue weighted by Gasteiger charge is 2.13. The standard InChI is InChI=1S/C9H16N2OS/c1-9(2,3)13-6-7-10-8(12)5-11(7)4/h5,12H,6H2,1-4H3. The van der Waals surface area contributed by atoms with E-state index in [0.717, 1.165) is 11.6 Å². The third-order valence-electron chi connectivity index (χ3n) is 1.59. The first-order chi connectivity index (χ1) is 5.88. The van der Waals surface area contributed by atoms with Crippen LogP contribution in [0.15, 0.2) is 6.20 Å². The molecule has 0 atom stereocenters. The number of aromatic nitrogens is 2. The lowest BCUT2D eigenvalue weighted by atomic mass is 10.3. The predicted molar refractivity (Wildman–Crippen MR) is 55.9 cm³/mol. The molecule has 0 aliphatic rings. The zero-order chi connectivity index (χ0) is 10.1. The second kappa shape index (κ2) is 3.62. The van der Waals surface area contributed by atoms with Gasteiger partial charge in [-0.15, -0.1) is 11.8 Å². The molecule has 1 rings (SSSR count). The Hall–Kier alpha value is -0.640. The molecule has 1 N–H and O–H groups in total. The van der Waals surface area contributed by atoms with Crippen LogP contribution in [0.25, 0.3) is 0 Å². The van der Waals surface area contributed by atoms with E-state index in [9.17, 15) is 0 Å². The lowest BCUT2D eigenvalue weighted by Gasteiger charge is -2.16. The molecule has 0 saturated heterocycles. The van der Waals surface area contributed by atoms with Crippen molar-refractivity contribution < 1.29 is 5.11 Å². The smallest absolute Gasteiger partial charge is 0.229 e. The van der Waals surface area contributed by atoms with E-state index < -0.39 is 0 Å². The highest BCUT2D eigenvalue weighted by molar-refractivity contribution is 7.99. The van der Waals surface area contributed by atoms with E-state index in [1.165, 1.54) is 0 Å². The zero-order valence-electron chi connectivity index (χ0n) is 8.53. The van der Waals surface area contributed by atoms with Gasteiger partial charge in [-0.05, 0) is 0 Å². The molecule has 0 spiro atoms. The van der Waals surface area contributed by atoms with Crippen molar-refractivity contribution in [3.63, 3.8) is 0 Å². The van der Waals surface area contributed by atoms with Crippen LogP contribution in [0.1, 0.15) is 26.6 Å². The van der Waals surface area contributed by atoms with E-state index in [0.29, 0.717) is 0 Å². The van der Waals surface area contributed by atoms with Crippen molar-refractivity contribution in [3.8, 4) is 5.88 Å². The third kappa shape index (κ3) is 3.30. The van der Waals surface area contributed by atoms with Crippen molar-refractivity contribution in [3.05, 3.63) is 12.0 Å². The minimum atomic E-state index is 0.104. The van der Waals surface area contributed by atoms with E-state index in [4.69, 9.17) is 5.11 Å². The maximum absolute atomic E-state index is 9.12. The molecule has 0 saturated carbocycles. The van der Waals surface area contributed by atoms with Crippen LogP contribution in [0.4, 0.5) is 0 Å².